The van der Waals surface area contributed by atoms with E-state index in [4.69, 9.17) is 4.74 Å². The van der Waals surface area contributed by atoms with Gasteiger partial charge in [0.05, 0.1) is 5.56 Å². The van der Waals surface area contributed by atoms with Crippen LogP contribution in [-0.4, -0.2) is 71.8 Å². The van der Waals surface area contributed by atoms with Crippen molar-refractivity contribution in [2.75, 3.05) is 50.0 Å². The van der Waals surface area contributed by atoms with Gasteiger partial charge in [0, 0.05) is 38.1 Å². The van der Waals surface area contributed by atoms with Crippen molar-refractivity contribution in [3.63, 3.8) is 0 Å². The van der Waals surface area contributed by atoms with Gasteiger partial charge in [-0.15, -0.1) is 10.2 Å². The maximum Gasteiger partial charge on any atom is 0.282 e. The van der Waals surface area contributed by atoms with Crippen LogP contribution in [0.1, 0.15) is 44.0 Å². The zero-order valence-electron chi connectivity index (χ0n) is 19.7. The third-order valence-electron chi connectivity index (χ3n) is 6.48. The van der Waals surface area contributed by atoms with Crippen LogP contribution < -0.4 is 20.3 Å². The van der Waals surface area contributed by atoms with Crippen LogP contribution in [0.25, 0.3) is 0 Å². The first-order valence-corrected chi connectivity index (χ1v) is 11.5. The Hall–Kier alpha value is -3.01. The van der Waals surface area contributed by atoms with Crippen molar-refractivity contribution in [1.29, 1.82) is 0 Å². The molecule has 9 nitrogen and oxygen atoms in total. The fourth-order valence-corrected chi connectivity index (χ4v) is 4.63. The van der Waals surface area contributed by atoms with Crippen molar-refractivity contribution in [3.05, 3.63) is 29.6 Å². The first-order chi connectivity index (χ1) is 15.9. The standard InChI is InChI=1S/C23H32FN7O2/c1-5-31(15(2)3)21(32)17-12-16(24)6-7-18(17)33-20-19(27-22(25-4)29-28-20)30-13-23(14-30)8-10-26-11-9-23/h6-7,12,15,26H,5,8-11,13-14H2,1-4H3,(H,25,27,29). The lowest BCUT2D eigenvalue weighted by molar-refractivity contribution is 0.0713. The van der Waals surface area contributed by atoms with Crippen LogP contribution in [0, 0.1) is 11.2 Å². The van der Waals surface area contributed by atoms with Crippen LogP contribution in [0.3, 0.4) is 0 Å². The summed E-state index contributed by atoms with van der Waals surface area (Å²) in [6.07, 6.45) is 2.24. The minimum absolute atomic E-state index is 0.0344. The van der Waals surface area contributed by atoms with E-state index in [1.807, 2.05) is 20.8 Å². The Morgan fingerprint density at radius 3 is 2.67 bits per heavy atom. The quantitative estimate of drug-likeness (QED) is 0.655. The Bertz CT molecular complexity index is 1000. The highest BCUT2D eigenvalue weighted by Gasteiger charge is 2.45. The number of hydrogen-bond acceptors (Lipinski definition) is 8. The third kappa shape index (κ3) is 4.71. The van der Waals surface area contributed by atoms with Crippen LogP contribution in [0.15, 0.2) is 18.2 Å². The largest absolute Gasteiger partial charge is 0.434 e. The van der Waals surface area contributed by atoms with Crippen molar-refractivity contribution in [2.24, 2.45) is 5.41 Å². The molecule has 1 aromatic carbocycles. The number of nitrogens with one attached hydrogen (secondary N) is 2. The fraction of sp³-hybridized carbons (Fsp3) is 0.565. The molecule has 4 rings (SSSR count). The SMILES string of the molecule is CCN(C(=O)c1cc(F)ccc1Oc1nnc(NC)nc1N1CC2(CCNCC2)C1)C(C)C. The Morgan fingerprint density at radius 1 is 1.30 bits per heavy atom. The highest BCUT2D eigenvalue weighted by molar-refractivity contribution is 5.97. The molecule has 178 valence electrons. The molecule has 33 heavy (non-hydrogen) atoms. The first-order valence-electron chi connectivity index (χ1n) is 11.5. The van der Waals surface area contributed by atoms with E-state index < -0.39 is 5.82 Å². The molecule has 10 heteroatoms. The van der Waals surface area contributed by atoms with Crippen molar-refractivity contribution in [3.8, 4) is 11.6 Å². The number of benzene rings is 1. The molecule has 1 amide bonds. The monoisotopic (exact) mass is 457 g/mol. The average Bonchev–Trinajstić information content (AvgIpc) is 2.79. The fourth-order valence-electron chi connectivity index (χ4n) is 4.63. The number of amides is 1. The van der Waals surface area contributed by atoms with E-state index in [9.17, 15) is 9.18 Å². The van der Waals surface area contributed by atoms with Crippen molar-refractivity contribution < 1.29 is 13.9 Å². The number of carbonyl (C=O) groups excluding carboxylic acids is 1. The van der Waals surface area contributed by atoms with Crippen molar-refractivity contribution in [1.82, 2.24) is 25.4 Å². The van der Waals surface area contributed by atoms with E-state index in [1.165, 1.54) is 18.2 Å². The molecule has 0 unspecified atom stereocenters. The van der Waals surface area contributed by atoms with Gasteiger partial charge in [-0.1, -0.05) is 0 Å². The topological polar surface area (TPSA) is 95.5 Å². The number of hydrogen-bond donors (Lipinski definition) is 2. The molecule has 2 N–H and O–H groups in total. The number of carbonyl (C=O) groups is 1. The smallest absolute Gasteiger partial charge is 0.282 e. The number of piperidine rings is 1. The molecule has 0 saturated carbocycles. The van der Waals surface area contributed by atoms with E-state index in [-0.39, 0.29) is 34.6 Å². The highest BCUT2D eigenvalue weighted by atomic mass is 19.1. The van der Waals surface area contributed by atoms with Gasteiger partial charge in [0.25, 0.3) is 11.8 Å². The van der Waals surface area contributed by atoms with Gasteiger partial charge in [0.15, 0.2) is 5.82 Å². The number of anilines is 2. The predicted molar refractivity (Wildman–Crippen MR) is 124 cm³/mol. The Balaban J connectivity index is 1.64. The normalized spacial score (nSPS) is 17.1. The summed E-state index contributed by atoms with van der Waals surface area (Å²) in [7, 11) is 1.73. The molecule has 2 fully saturated rings. The molecule has 3 heterocycles. The van der Waals surface area contributed by atoms with Crippen LogP contribution in [0.2, 0.25) is 0 Å². The third-order valence-corrected chi connectivity index (χ3v) is 6.48. The molecule has 2 aliphatic heterocycles. The molecule has 0 radical (unpaired) electrons. The van der Waals surface area contributed by atoms with Gasteiger partial charge in [0.1, 0.15) is 11.6 Å². The summed E-state index contributed by atoms with van der Waals surface area (Å²) in [5, 5.41) is 14.6. The van der Waals surface area contributed by atoms with E-state index >= 15 is 0 Å². The average molecular weight is 458 g/mol. The molecule has 2 aliphatic rings. The molecule has 0 atom stereocenters. The summed E-state index contributed by atoms with van der Waals surface area (Å²) in [6.45, 7) is 10.00. The maximum atomic E-state index is 14.1. The second-order valence-electron chi connectivity index (χ2n) is 9.05. The first kappa shape index (κ1) is 23.2. The second kappa shape index (κ2) is 9.46. The van der Waals surface area contributed by atoms with Crippen molar-refractivity contribution >= 4 is 17.7 Å². The minimum atomic E-state index is -0.504. The number of aromatic nitrogens is 3. The summed E-state index contributed by atoms with van der Waals surface area (Å²) in [5.41, 5.74) is 0.429. The number of halogens is 1. The van der Waals surface area contributed by atoms with Crippen LogP contribution in [0.4, 0.5) is 16.2 Å². The molecule has 2 aromatic rings. The number of rotatable bonds is 7. The summed E-state index contributed by atoms with van der Waals surface area (Å²) in [5.74, 6) is 0.580. The van der Waals surface area contributed by atoms with Gasteiger partial charge in [0.2, 0.25) is 5.95 Å². The Morgan fingerprint density at radius 2 is 2.03 bits per heavy atom. The lowest BCUT2D eigenvalue weighted by Gasteiger charge is -2.52. The molecule has 0 aliphatic carbocycles. The van der Waals surface area contributed by atoms with Gasteiger partial charge in [-0.25, -0.2) is 4.39 Å². The maximum absolute atomic E-state index is 14.1. The molecular weight excluding hydrogens is 425 g/mol. The van der Waals surface area contributed by atoms with E-state index in [2.05, 4.69) is 30.7 Å². The second-order valence-corrected chi connectivity index (χ2v) is 9.05. The van der Waals surface area contributed by atoms with E-state index in [0.717, 1.165) is 39.0 Å². The van der Waals surface area contributed by atoms with Crippen LogP contribution in [0.5, 0.6) is 11.6 Å². The van der Waals surface area contributed by atoms with Gasteiger partial charge in [-0.3, -0.25) is 4.79 Å². The minimum Gasteiger partial charge on any atom is -0.434 e. The summed E-state index contributed by atoms with van der Waals surface area (Å²) in [4.78, 5) is 21.6. The van der Waals surface area contributed by atoms with Gasteiger partial charge >= 0.3 is 0 Å². The van der Waals surface area contributed by atoms with E-state index in [1.54, 1.807) is 11.9 Å². The highest BCUT2D eigenvalue weighted by Crippen LogP contribution is 2.43. The Kier molecular flexibility index (Phi) is 6.64. The van der Waals surface area contributed by atoms with Gasteiger partial charge in [-0.2, -0.15) is 4.98 Å². The van der Waals surface area contributed by atoms with Crippen molar-refractivity contribution in [2.45, 2.75) is 39.7 Å². The lowest BCUT2D eigenvalue weighted by Crippen LogP contribution is -2.60. The zero-order valence-corrected chi connectivity index (χ0v) is 19.7. The lowest BCUT2D eigenvalue weighted by atomic mass is 9.72. The van der Waals surface area contributed by atoms with Gasteiger partial charge < -0.3 is 25.2 Å². The summed E-state index contributed by atoms with van der Waals surface area (Å²) >= 11 is 0. The van der Waals surface area contributed by atoms with Crippen LogP contribution >= 0.6 is 0 Å². The van der Waals surface area contributed by atoms with Gasteiger partial charge in [-0.05, 0) is 64.9 Å². The number of nitrogens with zero attached hydrogens (tertiary/aromatic N) is 5. The summed E-state index contributed by atoms with van der Waals surface area (Å²) in [6, 6.07) is 3.90. The number of ether oxygens (including phenoxy) is 1. The molecule has 2 saturated heterocycles. The molecule has 0 bridgehead atoms. The molecular formula is C23H32FN7O2. The Labute approximate surface area is 193 Å². The van der Waals surface area contributed by atoms with E-state index in [0.29, 0.717) is 18.3 Å². The summed E-state index contributed by atoms with van der Waals surface area (Å²) < 4.78 is 20.2. The predicted octanol–water partition coefficient (Wildman–Crippen LogP) is 2.91. The molecule has 1 aromatic heterocycles. The zero-order chi connectivity index (χ0) is 23.6. The molecule has 1 spiro atoms. The van der Waals surface area contributed by atoms with Crippen LogP contribution in [-0.2, 0) is 0 Å².